The molecule has 0 radical (unpaired) electrons. The summed E-state index contributed by atoms with van der Waals surface area (Å²) >= 11 is 1.58. The molecule has 1 atom stereocenters. The monoisotopic (exact) mass is 239 g/mol. The van der Waals surface area contributed by atoms with Crippen molar-refractivity contribution in [3.63, 3.8) is 0 Å². The number of rotatable bonds is 5. The van der Waals surface area contributed by atoms with E-state index in [2.05, 4.69) is 29.8 Å². The van der Waals surface area contributed by atoms with E-state index in [-0.39, 0.29) is 5.25 Å². The van der Waals surface area contributed by atoms with Crippen molar-refractivity contribution >= 4 is 18.2 Å². The minimum Gasteiger partial charge on any atom is -0.303 e. The average Bonchev–Trinajstić information content (AvgIpc) is 2.31. The summed E-state index contributed by atoms with van der Waals surface area (Å²) in [5.41, 5.74) is 2.44. The van der Waals surface area contributed by atoms with E-state index >= 15 is 0 Å². The van der Waals surface area contributed by atoms with Crippen molar-refractivity contribution in [3.05, 3.63) is 35.4 Å². The van der Waals surface area contributed by atoms with E-state index in [0.717, 1.165) is 6.29 Å². The van der Waals surface area contributed by atoms with Crippen molar-refractivity contribution in [2.75, 3.05) is 7.05 Å². The standard InChI is InChI=1S/C11H15NOS.C2H6/c1-9-4-3-5-10(8-9)11(6-7-13)14-12-2;1-2/h3-5,7-8,11-12H,6H2,1-2H3;1-2H3. The lowest BCUT2D eigenvalue weighted by Crippen LogP contribution is -2.02. The molecule has 1 aromatic carbocycles. The van der Waals surface area contributed by atoms with Gasteiger partial charge in [0.25, 0.3) is 0 Å². The van der Waals surface area contributed by atoms with Gasteiger partial charge < -0.3 is 4.79 Å². The van der Waals surface area contributed by atoms with Gasteiger partial charge in [0.15, 0.2) is 0 Å². The van der Waals surface area contributed by atoms with Gasteiger partial charge in [-0.15, -0.1) is 0 Å². The van der Waals surface area contributed by atoms with Crippen LogP contribution in [0.2, 0.25) is 0 Å². The number of benzene rings is 1. The molecular weight excluding hydrogens is 218 g/mol. The van der Waals surface area contributed by atoms with E-state index in [1.165, 1.54) is 11.1 Å². The lowest BCUT2D eigenvalue weighted by atomic mass is 10.1. The summed E-state index contributed by atoms with van der Waals surface area (Å²) in [7, 11) is 1.87. The molecule has 0 aliphatic rings. The molecule has 0 amide bonds. The summed E-state index contributed by atoms with van der Waals surface area (Å²) in [5.74, 6) is 0. The number of aryl methyl sites for hydroxylation is 1. The first-order valence-electron chi connectivity index (χ1n) is 5.60. The maximum atomic E-state index is 10.5. The summed E-state index contributed by atoms with van der Waals surface area (Å²) in [4.78, 5) is 10.5. The third kappa shape index (κ3) is 5.33. The van der Waals surface area contributed by atoms with Crippen LogP contribution in [0.25, 0.3) is 0 Å². The normalized spacial score (nSPS) is 11.2. The number of hydrogen-bond acceptors (Lipinski definition) is 3. The molecule has 0 bridgehead atoms. The van der Waals surface area contributed by atoms with Crippen molar-refractivity contribution in [2.45, 2.75) is 32.4 Å². The van der Waals surface area contributed by atoms with E-state index in [1.807, 2.05) is 27.0 Å². The highest BCUT2D eigenvalue weighted by Gasteiger charge is 2.10. The number of carbonyl (C=O) groups excluding carboxylic acids is 1. The lowest BCUT2D eigenvalue weighted by Gasteiger charge is -2.13. The molecular formula is C13H21NOS. The van der Waals surface area contributed by atoms with Gasteiger partial charge in [-0.2, -0.15) is 0 Å². The molecule has 0 saturated heterocycles. The molecule has 0 aromatic heterocycles. The molecule has 0 aliphatic heterocycles. The Hall–Kier alpha value is -0.800. The molecule has 0 spiro atoms. The van der Waals surface area contributed by atoms with Crippen LogP contribution in [0.3, 0.4) is 0 Å². The Morgan fingerprint density at radius 2 is 2.12 bits per heavy atom. The summed E-state index contributed by atoms with van der Waals surface area (Å²) in [6, 6.07) is 8.27. The molecule has 2 nitrogen and oxygen atoms in total. The Bertz CT molecular complexity index is 302. The van der Waals surface area contributed by atoms with Gasteiger partial charge in [-0.3, -0.25) is 4.72 Å². The molecule has 1 aromatic rings. The van der Waals surface area contributed by atoms with Gasteiger partial charge in [0.1, 0.15) is 6.29 Å². The van der Waals surface area contributed by atoms with Gasteiger partial charge in [-0.05, 0) is 19.5 Å². The smallest absolute Gasteiger partial charge is 0.121 e. The number of nitrogens with one attached hydrogen (secondary N) is 1. The maximum Gasteiger partial charge on any atom is 0.121 e. The fourth-order valence-corrected chi connectivity index (χ4v) is 2.09. The van der Waals surface area contributed by atoms with E-state index < -0.39 is 0 Å². The van der Waals surface area contributed by atoms with E-state index in [4.69, 9.17) is 0 Å². The molecule has 16 heavy (non-hydrogen) atoms. The topological polar surface area (TPSA) is 29.1 Å². The Morgan fingerprint density at radius 1 is 1.44 bits per heavy atom. The predicted octanol–water partition coefficient (Wildman–Crippen LogP) is 3.52. The van der Waals surface area contributed by atoms with Crippen LogP contribution in [0.1, 0.15) is 36.6 Å². The van der Waals surface area contributed by atoms with Crippen molar-refractivity contribution in [1.29, 1.82) is 0 Å². The summed E-state index contributed by atoms with van der Waals surface area (Å²) in [6.45, 7) is 6.06. The molecule has 3 heteroatoms. The van der Waals surface area contributed by atoms with Crippen molar-refractivity contribution in [2.24, 2.45) is 0 Å². The summed E-state index contributed by atoms with van der Waals surface area (Å²) < 4.78 is 3.03. The van der Waals surface area contributed by atoms with Crippen molar-refractivity contribution < 1.29 is 4.79 Å². The van der Waals surface area contributed by atoms with Crippen LogP contribution < -0.4 is 4.72 Å². The largest absolute Gasteiger partial charge is 0.303 e. The van der Waals surface area contributed by atoms with E-state index in [1.54, 1.807) is 11.9 Å². The van der Waals surface area contributed by atoms with Crippen molar-refractivity contribution in [1.82, 2.24) is 4.72 Å². The fourth-order valence-electron chi connectivity index (χ4n) is 1.35. The molecule has 0 fully saturated rings. The zero-order chi connectivity index (χ0) is 12.4. The van der Waals surface area contributed by atoms with Crippen molar-refractivity contribution in [3.8, 4) is 0 Å². The highest BCUT2D eigenvalue weighted by atomic mass is 32.2. The number of hydrogen-bond donors (Lipinski definition) is 1. The third-order valence-electron chi connectivity index (χ3n) is 1.98. The predicted molar refractivity (Wildman–Crippen MR) is 72.6 cm³/mol. The van der Waals surface area contributed by atoms with Crippen LogP contribution in [-0.2, 0) is 4.79 Å². The molecule has 0 aliphatic carbocycles. The van der Waals surface area contributed by atoms with Crippen LogP contribution in [-0.4, -0.2) is 13.3 Å². The van der Waals surface area contributed by atoms with Gasteiger partial charge in [0.2, 0.25) is 0 Å². The van der Waals surface area contributed by atoms with Gasteiger partial charge >= 0.3 is 0 Å². The first-order chi connectivity index (χ1) is 7.77. The van der Waals surface area contributed by atoms with Crippen LogP contribution in [0.5, 0.6) is 0 Å². The highest BCUT2D eigenvalue weighted by Crippen LogP contribution is 2.28. The zero-order valence-electron chi connectivity index (χ0n) is 10.5. The van der Waals surface area contributed by atoms with E-state index in [0.29, 0.717) is 6.42 Å². The number of carbonyl (C=O) groups is 1. The Balaban J connectivity index is 0.00000106. The summed E-state index contributed by atoms with van der Waals surface area (Å²) in [6.07, 6.45) is 1.52. The lowest BCUT2D eigenvalue weighted by molar-refractivity contribution is -0.107. The van der Waals surface area contributed by atoms with Gasteiger partial charge in [-0.1, -0.05) is 55.6 Å². The SMILES string of the molecule is CC.CNSC(CC=O)c1cccc(C)c1. The minimum absolute atomic E-state index is 0.220. The molecule has 1 unspecified atom stereocenters. The van der Waals surface area contributed by atoms with Crippen LogP contribution >= 0.6 is 11.9 Å². The van der Waals surface area contributed by atoms with Gasteiger partial charge in [0, 0.05) is 6.42 Å². The summed E-state index contributed by atoms with van der Waals surface area (Å²) in [5, 5.41) is 0.220. The molecule has 1 rings (SSSR count). The fraction of sp³-hybridized carbons (Fsp3) is 0.462. The average molecular weight is 239 g/mol. The molecule has 0 heterocycles. The number of aldehydes is 1. The highest BCUT2D eigenvalue weighted by molar-refractivity contribution is 7.97. The van der Waals surface area contributed by atoms with Crippen LogP contribution in [0.4, 0.5) is 0 Å². The van der Waals surface area contributed by atoms with Gasteiger partial charge in [-0.25, -0.2) is 0 Å². The Labute approximate surface area is 103 Å². The quantitative estimate of drug-likeness (QED) is 0.629. The Kier molecular flexibility index (Phi) is 8.96. The van der Waals surface area contributed by atoms with Crippen LogP contribution in [0, 0.1) is 6.92 Å². The van der Waals surface area contributed by atoms with Crippen LogP contribution in [0.15, 0.2) is 24.3 Å². The second kappa shape index (κ2) is 9.43. The first-order valence-corrected chi connectivity index (χ1v) is 6.48. The third-order valence-corrected chi connectivity index (χ3v) is 2.97. The first kappa shape index (κ1) is 15.2. The molecule has 90 valence electrons. The maximum absolute atomic E-state index is 10.5. The molecule has 0 saturated carbocycles. The zero-order valence-corrected chi connectivity index (χ0v) is 11.3. The second-order valence-electron chi connectivity index (χ2n) is 3.13. The minimum atomic E-state index is 0.220. The second-order valence-corrected chi connectivity index (χ2v) is 4.34. The van der Waals surface area contributed by atoms with E-state index in [9.17, 15) is 4.79 Å². The Morgan fingerprint density at radius 3 is 2.62 bits per heavy atom. The molecule has 1 N–H and O–H groups in total. The van der Waals surface area contributed by atoms with Gasteiger partial charge in [0.05, 0.1) is 5.25 Å².